The van der Waals surface area contributed by atoms with E-state index in [4.69, 9.17) is 0 Å². The lowest BCUT2D eigenvalue weighted by Crippen LogP contribution is -2.43. The Kier molecular flexibility index (Phi) is 2.70. The van der Waals surface area contributed by atoms with Crippen molar-refractivity contribution < 1.29 is 4.79 Å². The van der Waals surface area contributed by atoms with Gasteiger partial charge < -0.3 is 0 Å². The Morgan fingerprint density at radius 3 is 2.76 bits per heavy atom. The second kappa shape index (κ2) is 4.12. The fourth-order valence-corrected chi connectivity index (χ4v) is 6.37. The maximum Gasteiger partial charge on any atom is 0.146 e. The third kappa shape index (κ3) is 1.72. The molecule has 0 aromatic rings. The van der Waals surface area contributed by atoms with Crippen LogP contribution in [0.4, 0.5) is 0 Å². The highest BCUT2D eigenvalue weighted by Crippen LogP contribution is 2.71. The first-order valence-corrected chi connectivity index (χ1v) is 8.71. The second-order valence-corrected chi connectivity index (χ2v) is 9.01. The van der Waals surface area contributed by atoms with Crippen molar-refractivity contribution >= 4 is 6.29 Å². The molecule has 3 fully saturated rings. The Labute approximate surface area is 128 Å². The summed E-state index contributed by atoms with van der Waals surface area (Å²) in [6.45, 7) is 11.5. The molecule has 1 nitrogen and oxygen atoms in total. The van der Waals surface area contributed by atoms with Crippen LogP contribution in [0, 0.1) is 40.4 Å². The molecular weight excluding hydrogens is 256 g/mol. The third-order valence-corrected chi connectivity index (χ3v) is 7.87. The minimum Gasteiger partial charge on any atom is -0.298 e. The van der Waals surface area contributed by atoms with Crippen molar-refractivity contribution in [1.82, 2.24) is 0 Å². The van der Waals surface area contributed by atoms with Gasteiger partial charge in [-0.25, -0.2) is 0 Å². The van der Waals surface area contributed by atoms with Crippen molar-refractivity contribution in [2.45, 2.75) is 52.9 Å². The number of fused-ring (bicyclic) bond motifs is 4. The predicted molar refractivity (Wildman–Crippen MR) is 85.7 cm³/mol. The van der Waals surface area contributed by atoms with E-state index in [0.29, 0.717) is 28.6 Å². The average molecular weight is 284 g/mol. The zero-order chi connectivity index (χ0) is 15.0. The van der Waals surface area contributed by atoms with E-state index in [2.05, 4.69) is 33.4 Å². The second-order valence-electron chi connectivity index (χ2n) is 9.01. The lowest BCUT2D eigenvalue weighted by Gasteiger charge is -2.50. The molecule has 1 heteroatoms. The van der Waals surface area contributed by atoms with Crippen LogP contribution in [0.3, 0.4) is 0 Å². The van der Waals surface area contributed by atoms with Gasteiger partial charge in [-0.1, -0.05) is 32.1 Å². The van der Waals surface area contributed by atoms with Crippen molar-refractivity contribution in [2.75, 3.05) is 0 Å². The van der Waals surface area contributed by atoms with Crippen molar-refractivity contribution in [2.24, 2.45) is 40.4 Å². The van der Waals surface area contributed by atoms with E-state index in [0.717, 1.165) is 17.4 Å². The lowest BCUT2D eigenvalue weighted by molar-refractivity contribution is -0.106. The summed E-state index contributed by atoms with van der Waals surface area (Å²) < 4.78 is 0. The molecule has 4 rings (SSSR count). The quantitative estimate of drug-likeness (QED) is 0.526. The van der Waals surface area contributed by atoms with Gasteiger partial charge in [0.05, 0.1) is 0 Å². The van der Waals surface area contributed by atoms with Gasteiger partial charge in [0.25, 0.3) is 0 Å². The van der Waals surface area contributed by atoms with Gasteiger partial charge in [0, 0.05) is 0 Å². The standard InChI is InChI=1S/C20H28O/c1-12(2)15-5-6-19(3)10-18-16(8-17(15)19)13(11-21)7-14-9-20(14,18)4/h7,11,14-18H,1,5-6,8-10H2,2-4H3. The SMILES string of the molecule is C=C(C)C1CCC2(C)CC3C(CC12)C(C=O)=CC1CC13C. The minimum absolute atomic E-state index is 0.492. The first kappa shape index (κ1) is 13.8. The molecule has 7 unspecified atom stereocenters. The van der Waals surface area contributed by atoms with Crippen LogP contribution in [0.1, 0.15) is 52.9 Å². The first-order valence-electron chi connectivity index (χ1n) is 8.71. The van der Waals surface area contributed by atoms with E-state index in [1.807, 2.05) is 0 Å². The third-order valence-electron chi connectivity index (χ3n) is 7.87. The highest BCUT2D eigenvalue weighted by atomic mass is 16.1. The van der Waals surface area contributed by atoms with Crippen LogP contribution in [0.15, 0.2) is 23.8 Å². The summed E-state index contributed by atoms with van der Waals surface area (Å²) in [5, 5.41) is 0. The molecule has 0 N–H and O–H groups in total. The molecule has 0 aromatic heterocycles. The van der Waals surface area contributed by atoms with Crippen LogP contribution in [0.5, 0.6) is 0 Å². The van der Waals surface area contributed by atoms with Gasteiger partial charge in [-0.05, 0) is 85.0 Å². The number of carbonyl (C=O) groups excluding carboxylic acids is 1. The average Bonchev–Trinajstić information content (AvgIpc) is 2.98. The van der Waals surface area contributed by atoms with Crippen LogP contribution in [0.25, 0.3) is 0 Å². The molecule has 0 spiro atoms. The minimum atomic E-state index is 0.492. The lowest BCUT2D eigenvalue weighted by atomic mass is 9.54. The molecule has 4 aliphatic rings. The number of carbonyl (C=O) groups is 1. The van der Waals surface area contributed by atoms with Crippen LogP contribution in [0.2, 0.25) is 0 Å². The van der Waals surface area contributed by atoms with Crippen LogP contribution < -0.4 is 0 Å². The smallest absolute Gasteiger partial charge is 0.146 e. The summed E-state index contributed by atoms with van der Waals surface area (Å²) in [7, 11) is 0. The Morgan fingerprint density at radius 2 is 2.10 bits per heavy atom. The predicted octanol–water partition coefficient (Wildman–Crippen LogP) is 4.79. The van der Waals surface area contributed by atoms with Crippen molar-refractivity contribution in [3.63, 3.8) is 0 Å². The molecule has 0 radical (unpaired) electrons. The van der Waals surface area contributed by atoms with E-state index in [1.165, 1.54) is 44.0 Å². The van der Waals surface area contributed by atoms with E-state index in [1.54, 1.807) is 0 Å². The van der Waals surface area contributed by atoms with Crippen molar-refractivity contribution in [3.8, 4) is 0 Å². The fraction of sp³-hybridized carbons (Fsp3) is 0.750. The van der Waals surface area contributed by atoms with Crippen molar-refractivity contribution in [1.29, 1.82) is 0 Å². The maximum absolute atomic E-state index is 11.6. The zero-order valence-corrected chi connectivity index (χ0v) is 13.7. The molecular formula is C20H28O. The van der Waals surface area contributed by atoms with Gasteiger partial charge in [0.15, 0.2) is 0 Å². The summed E-state index contributed by atoms with van der Waals surface area (Å²) in [5.41, 5.74) is 3.50. The van der Waals surface area contributed by atoms with Gasteiger partial charge in [-0.15, -0.1) is 0 Å². The molecule has 0 aromatic carbocycles. The number of aldehydes is 1. The van der Waals surface area contributed by atoms with Gasteiger partial charge in [0.2, 0.25) is 0 Å². The molecule has 4 aliphatic carbocycles. The van der Waals surface area contributed by atoms with Crippen molar-refractivity contribution in [3.05, 3.63) is 23.8 Å². The van der Waals surface area contributed by atoms with E-state index >= 15 is 0 Å². The monoisotopic (exact) mass is 284 g/mol. The fourth-order valence-electron chi connectivity index (χ4n) is 6.37. The Morgan fingerprint density at radius 1 is 1.33 bits per heavy atom. The van der Waals surface area contributed by atoms with Crippen LogP contribution in [-0.4, -0.2) is 6.29 Å². The number of hydrogen-bond acceptors (Lipinski definition) is 1. The molecule has 0 aliphatic heterocycles. The molecule has 21 heavy (non-hydrogen) atoms. The molecule has 114 valence electrons. The summed E-state index contributed by atoms with van der Waals surface area (Å²) in [6, 6.07) is 0. The van der Waals surface area contributed by atoms with Gasteiger partial charge in [-0.2, -0.15) is 0 Å². The van der Waals surface area contributed by atoms with Gasteiger partial charge in [0.1, 0.15) is 6.29 Å². The van der Waals surface area contributed by atoms with E-state index < -0.39 is 0 Å². The first-order chi connectivity index (χ1) is 9.89. The van der Waals surface area contributed by atoms with Gasteiger partial charge in [-0.3, -0.25) is 4.79 Å². The molecule has 7 atom stereocenters. The number of rotatable bonds is 2. The number of hydrogen-bond donors (Lipinski definition) is 0. The molecule has 3 saturated carbocycles. The molecule has 0 saturated heterocycles. The van der Waals surface area contributed by atoms with E-state index in [-0.39, 0.29) is 0 Å². The molecule has 0 heterocycles. The normalized spacial score (nSPS) is 54.0. The number of allylic oxidation sites excluding steroid dienone is 3. The highest BCUT2D eigenvalue weighted by Gasteiger charge is 2.64. The maximum atomic E-state index is 11.6. The summed E-state index contributed by atoms with van der Waals surface area (Å²) >= 11 is 0. The van der Waals surface area contributed by atoms with Gasteiger partial charge >= 0.3 is 0 Å². The summed E-state index contributed by atoms with van der Waals surface area (Å²) in [4.78, 5) is 11.6. The summed E-state index contributed by atoms with van der Waals surface area (Å²) in [6.07, 6.45) is 10.0. The zero-order valence-electron chi connectivity index (χ0n) is 13.7. The highest BCUT2D eigenvalue weighted by molar-refractivity contribution is 5.75. The Bertz CT molecular complexity index is 544. The van der Waals surface area contributed by atoms with Crippen LogP contribution >= 0.6 is 0 Å². The Balaban J connectivity index is 1.71. The molecule has 0 amide bonds. The van der Waals surface area contributed by atoms with Crippen LogP contribution in [-0.2, 0) is 4.79 Å². The molecule has 0 bridgehead atoms. The summed E-state index contributed by atoms with van der Waals surface area (Å²) in [5.74, 6) is 3.41. The largest absolute Gasteiger partial charge is 0.298 e. The van der Waals surface area contributed by atoms with E-state index in [9.17, 15) is 4.79 Å². The topological polar surface area (TPSA) is 17.1 Å². The Hall–Kier alpha value is -0.850.